The van der Waals surface area contributed by atoms with Crippen LogP contribution in [0.2, 0.25) is 0 Å². The summed E-state index contributed by atoms with van der Waals surface area (Å²) in [4.78, 5) is 26.6. The molecule has 0 aromatic carbocycles. The molecule has 0 fully saturated rings. The van der Waals surface area contributed by atoms with Crippen LogP contribution in [0.25, 0.3) is 0 Å². The van der Waals surface area contributed by atoms with Crippen LogP contribution in [0.4, 0.5) is 0 Å². The number of carbonyl (C=O) groups is 2. The van der Waals surface area contributed by atoms with E-state index >= 15 is 0 Å². The summed E-state index contributed by atoms with van der Waals surface area (Å²) in [6.07, 6.45) is 3.13. The zero-order chi connectivity index (χ0) is 11.8. The average Bonchev–Trinajstić information content (AvgIpc) is 2.23. The molecule has 0 aliphatic heterocycles. The van der Waals surface area contributed by atoms with Gasteiger partial charge in [0.1, 0.15) is 6.29 Å². The Morgan fingerprint density at radius 1 is 1.47 bits per heavy atom. The highest BCUT2D eigenvalue weighted by Crippen LogP contribution is 2.17. The lowest BCUT2D eigenvalue weighted by Gasteiger charge is -2.20. The molecule has 0 radical (unpaired) electrons. The number of hydrogen-bond donors (Lipinski definition) is 0. The Bertz CT molecular complexity index is 206. The first-order valence-electron chi connectivity index (χ1n) is 5.28. The molecule has 0 aliphatic rings. The van der Waals surface area contributed by atoms with E-state index in [0.717, 1.165) is 19.1 Å². The third kappa shape index (κ3) is 5.52. The fraction of sp³-hybridized carbons (Fsp3) is 0.818. The Hall–Kier alpha value is -0.900. The number of carbonyl (C=O) groups excluding carboxylic acids is 2. The molecular weight excluding hydrogens is 194 g/mol. The molecule has 4 nitrogen and oxygen atoms in total. The molecule has 0 N–H and O–H groups in total. The minimum atomic E-state index is -0.0587. The molecular formula is C11H21NO3. The molecule has 4 heteroatoms. The van der Waals surface area contributed by atoms with Gasteiger partial charge < -0.3 is 4.79 Å². The topological polar surface area (TPSA) is 46.6 Å². The van der Waals surface area contributed by atoms with E-state index in [0.29, 0.717) is 12.3 Å². The van der Waals surface area contributed by atoms with Crippen molar-refractivity contribution in [2.75, 3.05) is 14.2 Å². The highest BCUT2D eigenvalue weighted by molar-refractivity contribution is 5.77. The highest BCUT2D eigenvalue weighted by Gasteiger charge is 2.19. The summed E-state index contributed by atoms with van der Waals surface area (Å²) in [5, 5.41) is 1.25. The molecule has 15 heavy (non-hydrogen) atoms. The minimum absolute atomic E-state index is 0.0181. The fourth-order valence-electron chi connectivity index (χ4n) is 1.58. The van der Waals surface area contributed by atoms with Crippen molar-refractivity contribution in [2.45, 2.75) is 33.1 Å². The van der Waals surface area contributed by atoms with Gasteiger partial charge in [0.2, 0.25) is 5.91 Å². The summed E-state index contributed by atoms with van der Waals surface area (Å²) in [5.74, 6) is 0.312. The Labute approximate surface area is 91.5 Å². The molecule has 0 aromatic rings. The zero-order valence-electron chi connectivity index (χ0n) is 10.0. The van der Waals surface area contributed by atoms with E-state index in [4.69, 9.17) is 4.84 Å². The SMILES string of the molecule is CON(C)C(=O)C(C)CC(C)CCC=O. The van der Waals surface area contributed by atoms with Gasteiger partial charge >= 0.3 is 0 Å². The molecule has 0 rings (SSSR count). The summed E-state index contributed by atoms with van der Waals surface area (Å²) in [6, 6.07) is 0. The molecule has 0 aromatic heterocycles. The number of amides is 1. The Morgan fingerprint density at radius 3 is 2.53 bits per heavy atom. The molecule has 2 atom stereocenters. The lowest BCUT2D eigenvalue weighted by Crippen LogP contribution is -2.31. The van der Waals surface area contributed by atoms with E-state index in [1.54, 1.807) is 7.05 Å². The van der Waals surface area contributed by atoms with Gasteiger partial charge in [-0.1, -0.05) is 13.8 Å². The second-order valence-electron chi connectivity index (χ2n) is 4.00. The van der Waals surface area contributed by atoms with Crippen LogP contribution in [-0.2, 0) is 14.4 Å². The van der Waals surface area contributed by atoms with Gasteiger partial charge in [-0.2, -0.15) is 0 Å². The standard InChI is InChI=1S/C11H21NO3/c1-9(6-5-7-13)8-10(2)11(14)12(3)15-4/h7,9-10H,5-6,8H2,1-4H3. The zero-order valence-corrected chi connectivity index (χ0v) is 10.0. The van der Waals surface area contributed by atoms with Crippen LogP contribution in [0, 0.1) is 11.8 Å². The molecule has 1 amide bonds. The highest BCUT2D eigenvalue weighted by atomic mass is 16.7. The second kappa shape index (κ2) is 7.40. The van der Waals surface area contributed by atoms with Crippen molar-refractivity contribution in [3.63, 3.8) is 0 Å². The van der Waals surface area contributed by atoms with E-state index in [2.05, 4.69) is 6.92 Å². The fourth-order valence-corrected chi connectivity index (χ4v) is 1.58. The van der Waals surface area contributed by atoms with E-state index < -0.39 is 0 Å². The first kappa shape index (κ1) is 14.1. The lowest BCUT2D eigenvalue weighted by molar-refractivity contribution is -0.173. The van der Waals surface area contributed by atoms with Crippen LogP contribution < -0.4 is 0 Å². The van der Waals surface area contributed by atoms with Crippen molar-refractivity contribution in [2.24, 2.45) is 11.8 Å². The van der Waals surface area contributed by atoms with Crippen LogP contribution in [0.5, 0.6) is 0 Å². The van der Waals surface area contributed by atoms with E-state index in [1.165, 1.54) is 12.2 Å². The van der Waals surface area contributed by atoms with E-state index in [-0.39, 0.29) is 11.8 Å². The number of hydrogen-bond acceptors (Lipinski definition) is 3. The average molecular weight is 215 g/mol. The molecule has 2 unspecified atom stereocenters. The van der Waals surface area contributed by atoms with Gasteiger partial charge in [0.25, 0.3) is 0 Å². The molecule has 0 saturated carbocycles. The second-order valence-corrected chi connectivity index (χ2v) is 4.00. The van der Waals surface area contributed by atoms with Crippen LogP contribution >= 0.6 is 0 Å². The van der Waals surface area contributed by atoms with Gasteiger partial charge in [-0.15, -0.1) is 0 Å². The first-order chi connectivity index (χ1) is 7.02. The van der Waals surface area contributed by atoms with Gasteiger partial charge in [0.15, 0.2) is 0 Å². The normalized spacial score (nSPS) is 14.4. The van der Waals surface area contributed by atoms with Gasteiger partial charge in [-0.25, -0.2) is 5.06 Å². The van der Waals surface area contributed by atoms with Crippen molar-refractivity contribution in [3.8, 4) is 0 Å². The summed E-state index contributed by atoms with van der Waals surface area (Å²) in [7, 11) is 3.08. The number of hydroxylamine groups is 2. The third-order valence-corrected chi connectivity index (χ3v) is 2.54. The van der Waals surface area contributed by atoms with Crippen LogP contribution in [0.15, 0.2) is 0 Å². The van der Waals surface area contributed by atoms with Gasteiger partial charge in [0.05, 0.1) is 7.11 Å². The number of aldehydes is 1. The molecule has 88 valence electrons. The van der Waals surface area contributed by atoms with Crippen LogP contribution in [0.1, 0.15) is 33.1 Å². The van der Waals surface area contributed by atoms with Crippen molar-refractivity contribution in [1.82, 2.24) is 5.06 Å². The van der Waals surface area contributed by atoms with E-state index in [9.17, 15) is 9.59 Å². The monoisotopic (exact) mass is 215 g/mol. The lowest BCUT2D eigenvalue weighted by atomic mass is 9.93. The van der Waals surface area contributed by atoms with Crippen molar-refractivity contribution >= 4 is 12.2 Å². The maximum atomic E-state index is 11.6. The minimum Gasteiger partial charge on any atom is -0.303 e. The Balaban J connectivity index is 3.95. The molecule has 0 aliphatic carbocycles. The smallest absolute Gasteiger partial charge is 0.248 e. The third-order valence-electron chi connectivity index (χ3n) is 2.54. The molecule has 0 heterocycles. The van der Waals surface area contributed by atoms with E-state index in [1.807, 2.05) is 6.92 Å². The van der Waals surface area contributed by atoms with Gasteiger partial charge in [0, 0.05) is 19.4 Å². The van der Waals surface area contributed by atoms with Crippen LogP contribution in [-0.4, -0.2) is 31.4 Å². The number of rotatable bonds is 7. The van der Waals surface area contributed by atoms with Crippen molar-refractivity contribution in [3.05, 3.63) is 0 Å². The number of nitrogens with zero attached hydrogens (tertiary/aromatic N) is 1. The Morgan fingerprint density at radius 2 is 2.07 bits per heavy atom. The molecule has 0 bridgehead atoms. The quantitative estimate of drug-likeness (QED) is 0.479. The molecule has 0 spiro atoms. The van der Waals surface area contributed by atoms with Crippen molar-refractivity contribution < 1.29 is 14.4 Å². The van der Waals surface area contributed by atoms with Gasteiger partial charge in [-0.3, -0.25) is 9.63 Å². The molecule has 0 saturated heterocycles. The summed E-state index contributed by atoms with van der Waals surface area (Å²) < 4.78 is 0. The summed E-state index contributed by atoms with van der Waals surface area (Å²) >= 11 is 0. The van der Waals surface area contributed by atoms with Gasteiger partial charge in [-0.05, 0) is 18.8 Å². The maximum Gasteiger partial charge on any atom is 0.248 e. The maximum absolute atomic E-state index is 11.6. The first-order valence-corrected chi connectivity index (χ1v) is 5.28. The Kier molecular flexibility index (Phi) is 6.96. The predicted octanol–water partition coefficient (Wildman–Crippen LogP) is 1.65. The summed E-state index contributed by atoms with van der Waals surface area (Å²) in [6.45, 7) is 3.94. The van der Waals surface area contributed by atoms with Crippen LogP contribution in [0.3, 0.4) is 0 Å². The largest absolute Gasteiger partial charge is 0.303 e. The predicted molar refractivity (Wildman–Crippen MR) is 58.0 cm³/mol. The summed E-state index contributed by atoms with van der Waals surface area (Å²) in [5.41, 5.74) is 0. The van der Waals surface area contributed by atoms with Crippen molar-refractivity contribution in [1.29, 1.82) is 0 Å².